The van der Waals surface area contributed by atoms with Gasteiger partial charge in [-0.25, -0.2) is 0 Å². The lowest BCUT2D eigenvalue weighted by molar-refractivity contribution is 0.464. The number of hydrogen-bond donors (Lipinski definition) is 0. The highest BCUT2D eigenvalue weighted by molar-refractivity contribution is 5.78. The van der Waals surface area contributed by atoms with Crippen molar-refractivity contribution in [2.45, 2.75) is 5.92 Å². The minimum atomic E-state index is -0.311. The summed E-state index contributed by atoms with van der Waals surface area (Å²) in [5.74, 6) is -0.0580. The van der Waals surface area contributed by atoms with E-state index in [0.29, 0.717) is 0 Å². The van der Waals surface area contributed by atoms with Gasteiger partial charge >= 0.3 is 0 Å². The third-order valence-electron chi connectivity index (χ3n) is 3.12. The Morgan fingerprint density at radius 2 is 1.27 bits per heavy atom. The van der Waals surface area contributed by atoms with E-state index in [9.17, 15) is 4.39 Å². The van der Waals surface area contributed by atoms with Gasteiger partial charge in [-0.15, -0.1) is 0 Å². The van der Waals surface area contributed by atoms with Crippen molar-refractivity contribution in [1.29, 1.82) is 0 Å². The molecule has 0 N–H and O–H groups in total. The van der Waals surface area contributed by atoms with Gasteiger partial charge in [0.15, 0.2) is 0 Å². The predicted octanol–water partition coefficient (Wildman–Crippen LogP) is 3.77. The quantitative estimate of drug-likeness (QED) is 0.654. The van der Waals surface area contributed by atoms with Crippen molar-refractivity contribution < 1.29 is 4.39 Å². The number of benzene rings is 2. The SMILES string of the molecule is FCC1c2ccccc2-c2ccccc21. The van der Waals surface area contributed by atoms with E-state index in [1.54, 1.807) is 0 Å². The first kappa shape index (κ1) is 8.66. The molecule has 15 heavy (non-hydrogen) atoms. The van der Waals surface area contributed by atoms with Gasteiger partial charge in [-0.3, -0.25) is 4.39 Å². The van der Waals surface area contributed by atoms with Crippen LogP contribution in [0.2, 0.25) is 0 Å². The van der Waals surface area contributed by atoms with Crippen molar-refractivity contribution in [1.82, 2.24) is 0 Å². The van der Waals surface area contributed by atoms with Gasteiger partial charge in [0, 0.05) is 5.92 Å². The average molecular weight is 198 g/mol. The number of alkyl halides is 1. The van der Waals surface area contributed by atoms with Crippen molar-refractivity contribution in [3.8, 4) is 11.1 Å². The fourth-order valence-corrected chi connectivity index (χ4v) is 2.43. The van der Waals surface area contributed by atoms with Crippen LogP contribution in [0.1, 0.15) is 17.0 Å². The molecule has 0 amide bonds. The lowest BCUT2D eigenvalue weighted by Crippen LogP contribution is -1.97. The Labute approximate surface area is 88.4 Å². The summed E-state index contributed by atoms with van der Waals surface area (Å²) in [5.41, 5.74) is 4.63. The molecule has 1 aliphatic carbocycles. The molecule has 0 saturated heterocycles. The van der Waals surface area contributed by atoms with Crippen LogP contribution in [0.4, 0.5) is 4.39 Å². The summed E-state index contributed by atoms with van der Waals surface area (Å²) in [7, 11) is 0. The second-order valence-corrected chi connectivity index (χ2v) is 3.88. The summed E-state index contributed by atoms with van der Waals surface area (Å²) in [4.78, 5) is 0. The van der Waals surface area contributed by atoms with Crippen LogP contribution in [-0.4, -0.2) is 6.67 Å². The molecule has 0 fully saturated rings. The Balaban J connectivity index is 2.31. The zero-order chi connectivity index (χ0) is 10.3. The molecule has 0 radical (unpaired) electrons. The summed E-state index contributed by atoms with van der Waals surface area (Å²) in [6.07, 6.45) is 0. The van der Waals surface area contributed by atoms with Gasteiger partial charge in [0.1, 0.15) is 6.67 Å². The maximum Gasteiger partial charge on any atom is 0.100 e. The van der Waals surface area contributed by atoms with Crippen LogP contribution in [0, 0.1) is 0 Å². The molecular formula is C14H11F. The maximum absolute atomic E-state index is 13.1. The Hall–Kier alpha value is -1.63. The van der Waals surface area contributed by atoms with Gasteiger partial charge in [-0.2, -0.15) is 0 Å². The fraction of sp³-hybridized carbons (Fsp3) is 0.143. The third kappa shape index (κ3) is 1.13. The van der Waals surface area contributed by atoms with Crippen LogP contribution in [0.5, 0.6) is 0 Å². The molecule has 1 aliphatic rings. The van der Waals surface area contributed by atoms with Gasteiger partial charge in [0.2, 0.25) is 0 Å². The molecule has 74 valence electrons. The first-order chi connectivity index (χ1) is 7.42. The number of fused-ring (bicyclic) bond motifs is 3. The van der Waals surface area contributed by atoms with Crippen molar-refractivity contribution in [3.63, 3.8) is 0 Å². The molecule has 0 aliphatic heterocycles. The van der Waals surface area contributed by atoms with Gasteiger partial charge in [-0.05, 0) is 22.3 Å². The van der Waals surface area contributed by atoms with Crippen LogP contribution < -0.4 is 0 Å². The largest absolute Gasteiger partial charge is 0.250 e. The van der Waals surface area contributed by atoms with Gasteiger partial charge in [0.05, 0.1) is 0 Å². The van der Waals surface area contributed by atoms with Gasteiger partial charge in [-0.1, -0.05) is 48.5 Å². The zero-order valence-electron chi connectivity index (χ0n) is 8.28. The number of halogens is 1. The standard InChI is InChI=1S/C14H11F/c15-9-14-12-7-3-1-5-10(12)11-6-2-4-8-13(11)14/h1-8,14H,9H2. The highest BCUT2D eigenvalue weighted by atomic mass is 19.1. The molecule has 0 saturated carbocycles. The molecule has 0 spiro atoms. The number of rotatable bonds is 1. The minimum absolute atomic E-state index is 0.0580. The highest BCUT2D eigenvalue weighted by Gasteiger charge is 2.27. The first-order valence-corrected chi connectivity index (χ1v) is 5.16. The van der Waals surface area contributed by atoms with E-state index in [4.69, 9.17) is 0 Å². The molecule has 0 bridgehead atoms. The Morgan fingerprint density at radius 3 is 1.73 bits per heavy atom. The van der Waals surface area contributed by atoms with Gasteiger partial charge < -0.3 is 0 Å². The smallest absolute Gasteiger partial charge is 0.100 e. The van der Waals surface area contributed by atoms with Crippen LogP contribution in [0.25, 0.3) is 11.1 Å². The molecule has 0 nitrogen and oxygen atoms in total. The van der Waals surface area contributed by atoms with Crippen LogP contribution >= 0.6 is 0 Å². The van der Waals surface area contributed by atoms with E-state index >= 15 is 0 Å². The molecule has 1 heteroatoms. The van der Waals surface area contributed by atoms with Crippen LogP contribution in [0.3, 0.4) is 0 Å². The molecule has 3 rings (SSSR count). The van der Waals surface area contributed by atoms with Crippen LogP contribution in [-0.2, 0) is 0 Å². The van der Waals surface area contributed by atoms with E-state index in [1.165, 1.54) is 11.1 Å². The lowest BCUT2D eigenvalue weighted by Gasteiger charge is -2.07. The molecule has 0 aromatic heterocycles. The summed E-state index contributed by atoms with van der Waals surface area (Å²) >= 11 is 0. The fourth-order valence-electron chi connectivity index (χ4n) is 2.43. The topological polar surface area (TPSA) is 0 Å². The Kier molecular flexibility index (Phi) is 1.84. The summed E-state index contributed by atoms with van der Waals surface area (Å²) in [6.45, 7) is -0.311. The summed E-state index contributed by atoms with van der Waals surface area (Å²) in [5, 5.41) is 0. The minimum Gasteiger partial charge on any atom is -0.250 e. The van der Waals surface area contributed by atoms with Crippen molar-refractivity contribution >= 4 is 0 Å². The second kappa shape index (κ2) is 3.20. The van der Waals surface area contributed by atoms with Crippen molar-refractivity contribution in [2.75, 3.05) is 6.67 Å². The molecule has 0 heterocycles. The lowest BCUT2D eigenvalue weighted by atomic mass is 9.99. The van der Waals surface area contributed by atoms with E-state index < -0.39 is 0 Å². The van der Waals surface area contributed by atoms with Gasteiger partial charge in [0.25, 0.3) is 0 Å². The summed E-state index contributed by atoms with van der Waals surface area (Å²) < 4.78 is 13.1. The zero-order valence-corrected chi connectivity index (χ0v) is 8.28. The first-order valence-electron chi connectivity index (χ1n) is 5.16. The predicted molar refractivity (Wildman–Crippen MR) is 59.7 cm³/mol. The highest BCUT2D eigenvalue weighted by Crippen LogP contribution is 2.44. The summed E-state index contributed by atoms with van der Waals surface area (Å²) in [6, 6.07) is 16.2. The van der Waals surface area contributed by atoms with E-state index in [1.807, 2.05) is 36.4 Å². The third-order valence-corrected chi connectivity index (χ3v) is 3.12. The van der Waals surface area contributed by atoms with Crippen molar-refractivity contribution in [2.24, 2.45) is 0 Å². The van der Waals surface area contributed by atoms with Crippen molar-refractivity contribution in [3.05, 3.63) is 59.7 Å². The van der Waals surface area contributed by atoms with E-state index in [-0.39, 0.29) is 12.6 Å². The maximum atomic E-state index is 13.1. The Morgan fingerprint density at radius 1 is 0.800 bits per heavy atom. The normalized spacial score (nSPS) is 13.7. The second-order valence-electron chi connectivity index (χ2n) is 3.88. The molecule has 2 aromatic rings. The Bertz CT molecular complexity index is 457. The van der Waals surface area contributed by atoms with Crippen LogP contribution in [0.15, 0.2) is 48.5 Å². The van der Waals surface area contributed by atoms with E-state index in [2.05, 4.69) is 12.1 Å². The number of hydrogen-bond acceptors (Lipinski definition) is 0. The molecule has 0 atom stereocenters. The molecular weight excluding hydrogens is 187 g/mol. The molecule has 0 unspecified atom stereocenters. The average Bonchev–Trinajstić information content (AvgIpc) is 2.63. The molecule has 2 aromatic carbocycles. The van der Waals surface area contributed by atoms with E-state index in [0.717, 1.165) is 11.1 Å². The monoisotopic (exact) mass is 198 g/mol.